The van der Waals surface area contributed by atoms with Gasteiger partial charge in [0.15, 0.2) is 0 Å². The molecule has 2 heteroatoms. The van der Waals surface area contributed by atoms with Crippen LogP contribution in [0.5, 0.6) is 0 Å². The molecule has 0 N–H and O–H groups in total. The van der Waals surface area contributed by atoms with Crippen LogP contribution in [-0.4, -0.2) is 9.97 Å². The Balaban J connectivity index is 1.34. The zero-order valence-electron chi connectivity index (χ0n) is 22.9. The van der Waals surface area contributed by atoms with Crippen LogP contribution in [0.2, 0.25) is 0 Å². The molecule has 0 aliphatic carbocycles. The van der Waals surface area contributed by atoms with E-state index in [2.05, 4.69) is 127 Å². The van der Waals surface area contributed by atoms with Gasteiger partial charge in [-0.1, -0.05) is 146 Å². The summed E-state index contributed by atoms with van der Waals surface area (Å²) in [4.78, 5) is 10.2. The molecule has 0 aliphatic rings. The number of para-hydroxylation sites is 2. The van der Waals surface area contributed by atoms with Crippen LogP contribution in [-0.2, 0) is 0 Å². The first-order chi connectivity index (χ1) is 20.8. The van der Waals surface area contributed by atoms with Crippen LogP contribution in [0.15, 0.2) is 158 Å². The van der Waals surface area contributed by atoms with Crippen LogP contribution in [0.4, 0.5) is 0 Å². The van der Waals surface area contributed by atoms with Crippen molar-refractivity contribution in [1.29, 1.82) is 0 Å². The first-order valence-corrected chi connectivity index (χ1v) is 14.3. The smallest absolute Gasteiger partial charge is 0.0973 e. The summed E-state index contributed by atoms with van der Waals surface area (Å²) in [7, 11) is 0. The molecule has 0 amide bonds. The third kappa shape index (κ3) is 4.05. The van der Waals surface area contributed by atoms with Gasteiger partial charge in [-0.3, -0.25) is 0 Å². The molecule has 7 aromatic carbocycles. The highest BCUT2D eigenvalue weighted by Gasteiger charge is 2.17. The minimum atomic E-state index is 0.889. The maximum Gasteiger partial charge on any atom is 0.0973 e. The number of aromatic nitrogens is 2. The Morgan fingerprint density at radius 2 is 0.571 bits per heavy atom. The second-order valence-corrected chi connectivity index (χ2v) is 10.6. The zero-order valence-corrected chi connectivity index (χ0v) is 22.9. The number of hydrogen-bond acceptors (Lipinski definition) is 2. The molecule has 1 aromatic heterocycles. The van der Waals surface area contributed by atoms with Gasteiger partial charge in [0.05, 0.1) is 22.4 Å². The topological polar surface area (TPSA) is 25.8 Å². The first kappa shape index (κ1) is 24.2. The van der Waals surface area contributed by atoms with E-state index < -0.39 is 0 Å². The van der Waals surface area contributed by atoms with Gasteiger partial charge in [0.25, 0.3) is 0 Å². The highest BCUT2D eigenvalue weighted by molar-refractivity contribution is 6.21. The molecule has 8 aromatic rings. The summed E-state index contributed by atoms with van der Waals surface area (Å²) in [5, 5.41) is 5.01. The minimum absolute atomic E-state index is 0.889. The predicted molar refractivity (Wildman–Crippen MR) is 176 cm³/mol. The maximum atomic E-state index is 5.11. The molecule has 0 bridgehead atoms. The van der Waals surface area contributed by atoms with Crippen molar-refractivity contribution in [2.24, 2.45) is 0 Å². The lowest BCUT2D eigenvalue weighted by molar-refractivity contribution is 1.29. The molecular weight excluding hydrogens is 508 g/mol. The van der Waals surface area contributed by atoms with Crippen LogP contribution < -0.4 is 0 Å². The molecule has 0 fully saturated rings. The van der Waals surface area contributed by atoms with Gasteiger partial charge in [0, 0.05) is 11.1 Å². The van der Waals surface area contributed by atoms with Crippen molar-refractivity contribution in [3.8, 4) is 44.8 Å². The molecule has 0 radical (unpaired) electrons. The summed E-state index contributed by atoms with van der Waals surface area (Å²) in [6.07, 6.45) is 0. The summed E-state index contributed by atoms with van der Waals surface area (Å²) in [6.45, 7) is 0. The van der Waals surface area contributed by atoms with Crippen LogP contribution in [0.3, 0.4) is 0 Å². The summed E-state index contributed by atoms with van der Waals surface area (Å²) >= 11 is 0. The molecule has 1 heterocycles. The van der Waals surface area contributed by atoms with E-state index in [9.17, 15) is 0 Å². The van der Waals surface area contributed by atoms with Crippen molar-refractivity contribution in [1.82, 2.24) is 9.97 Å². The monoisotopic (exact) mass is 534 g/mol. The summed E-state index contributed by atoms with van der Waals surface area (Å²) < 4.78 is 0. The van der Waals surface area contributed by atoms with Crippen molar-refractivity contribution < 1.29 is 0 Å². The molecule has 196 valence electrons. The number of benzene rings is 7. The van der Waals surface area contributed by atoms with Gasteiger partial charge in [-0.25, -0.2) is 9.97 Å². The number of nitrogens with zero attached hydrogens (tertiary/aromatic N) is 2. The number of fused-ring (bicyclic) bond motifs is 3. The largest absolute Gasteiger partial charge is 0.244 e. The van der Waals surface area contributed by atoms with Crippen molar-refractivity contribution in [3.05, 3.63) is 158 Å². The van der Waals surface area contributed by atoms with Crippen molar-refractivity contribution in [2.75, 3.05) is 0 Å². The van der Waals surface area contributed by atoms with E-state index in [1.165, 1.54) is 43.8 Å². The fourth-order valence-corrected chi connectivity index (χ4v) is 6.15. The lowest BCUT2D eigenvalue weighted by Crippen LogP contribution is -1.95. The van der Waals surface area contributed by atoms with E-state index in [1.54, 1.807) is 0 Å². The van der Waals surface area contributed by atoms with E-state index >= 15 is 0 Å². The Labute approximate surface area is 244 Å². The highest BCUT2D eigenvalue weighted by Crippen LogP contribution is 2.44. The van der Waals surface area contributed by atoms with Crippen molar-refractivity contribution in [3.63, 3.8) is 0 Å². The quantitative estimate of drug-likeness (QED) is 0.210. The second-order valence-electron chi connectivity index (χ2n) is 10.6. The lowest BCUT2D eigenvalue weighted by Gasteiger charge is -2.18. The average Bonchev–Trinajstić information content (AvgIpc) is 3.07. The van der Waals surface area contributed by atoms with Gasteiger partial charge in [0.2, 0.25) is 0 Å². The predicted octanol–water partition coefficient (Wildman–Crippen LogP) is 10.6. The van der Waals surface area contributed by atoms with Gasteiger partial charge in [-0.05, 0) is 55.9 Å². The Morgan fingerprint density at radius 3 is 1.02 bits per heavy atom. The van der Waals surface area contributed by atoms with Gasteiger partial charge in [-0.15, -0.1) is 0 Å². The van der Waals surface area contributed by atoms with Crippen molar-refractivity contribution >= 4 is 32.6 Å². The molecule has 42 heavy (non-hydrogen) atoms. The molecule has 2 nitrogen and oxygen atoms in total. The Bertz CT molecular complexity index is 2160. The number of hydrogen-bond donors (Lipinski definition) is 0. The minimum Gasteiger partial charge on any atom is -0.244 e. The normalized spacial score (nSPS) is 11.3. The average molecular weight is 535 g/mol. The first-order valence-electron chi connectivity index (χ1n) is 14.3. The Hall–Kier alpha value is -5.60. The molecule has 0 spiro atoms. The maximum absolute atomic E-state index is 5.11. The summed E-state index contributed by atoms with van der Waals surface area (Å²) in [5.41, 5.74) is 10.6. The molecule has 0 atom stereocenters. The van der Waals surface area contributed by atoms with Crippen molar-refractivity contribution in [2.45, 2.75) is 0 Å². The van der Waals surface area contributed by atoms with Crippen LogP contribution in [0.25, 0.3) is 77.3 Å². The molecule has 0 saturated heterocycles. The van der Waals surface area contributed by atoms with E-state index in [0.717, 1.165) is 33.5 Å². The molecule has 8 rings (SSSR count). The Morgan fingerprint density at radius 1 is 0.262 bits per heavy atom. The zero-order chi connectivity index (χ0) is 27.9. The molecule has 0 saturated carbocycles. The molecular formula is C40H26N2. The third-order valence-corrected chi connectivity index (χ3v) is 8.06. The standard InChI is InChI=1S/C40H26N2/c1-3-13-27(14-4-1)37-31-17-7-9-19-33(31)38(34-20-10-8-18-32(34)37)28-23-25-30(26-24-28)40-39(29-15-5-2-6-16-29)41-35-21-11-12-22-36(35)42-40/h1-26H. The number of rotatable bonds is 4. The fourth-order valence-electron chi connectivity index (χ4n) is 6.15. The van der Waals surface area contributed by atoms with Gasteiger partial charge < -0.3 is 0 Å². The van der Waals surface area contributed by atoms with Gasteiger partial charge >= 0.3 is 0 Å². The third-order valence-electron chi connectivity index (χ3n) is 8.06. The molecule has 0 unspecified atom stereocenters. The molecule has 0 aliphatic heterocycles. The SMILES string of the molecule is c1ccc(-c2nc3ccccc3nc2-c2ccc(-c3c4ccccc4c(-c4ccccc4)c4ccccc34)cc2)cc1. The van der Waals surface area contributed by atoms with E-state index in [4.69, 9.17) is 9.97 Å². The lowest BCUT2D eigenvalue weighted by atomic mass is 9.86. The fraction of sp³-hybridized carbons (Fsp3) is 0. The van der Waals surface area contributed by atoms with E-state index in [1.807, 2.05) is 30.3 Å². The summed E-state index contributed by atoms with van der Waals surface area (Å²) in [5.74, 6) is 0. The Kier molecular flexibility index (Phi) is 5.82. The van der Waals surface area contributed by atoms with Crippen LogP contribution in [0.1, 0.15) is 0 Å². The van der Waals surface area contributed by atoms with E-state index in [0.29, 0.717) is 0 Å². The van der Waals surface area contributed by atoms with E-state index in [-0.39, 0.29) is 0 Å². The van der Waals surface area contributed by atoms with Crippen LogP contribution in [0, 0.1) is 0 Å². The van der Waals surface area contributed by atoms with Gasteiger partial charge in [0.1, 0.15) is 0 Å². The summed E-state index contributed by atoms with van der Waals surface area (Å²) in [6, 6.07) is 55.5. The van der Waals surface area contributed by atoms with Crippen LogP contribution >= 0.6 is 0 Å². The highest BCUT2D eigenvalue weighted by atomic mass is 14.8. The van der Waals surface area contributed by atoms with Gasteiger partial charge in [-0.2, -0.15) is 0 Å². The second kappa shape index (κ2) is 10.1.